The Morgan fingerprint density at radius 2 is 2.13 bits per heavy atom. The maximum atomic E-state index is 12.9. The van der Waals surface area contributed by atoms with Crippen LogP contribution in [0.4, 0.5) is 10.1 Å². The van der Waals surface area contributed by atoms with Crippen LogP contribution in [-0.4, -0.2) is 25.4 Å². The monoisotopic (exact) mass is 216 g/mol. The van der Waals surface area contributed by atoms with Crippen molar-refractivity contribution < 1.29 is 29.2 Å². The molecule has 1 atom stereocenters. The molecule has 5 nitrogen and oxygen atoms in total. The summed E-state index contributed by atoms with van der Waals surface area (Å²) >= 11 is 0. The minimum Gasteiger partial charge on any atom is -0.465 e. The standard InChI is InChI=1S/C9H10FNO4/c1-14-9(12)7-4-3-6(10)5-8(7)11(13)15-2/h3-5,13H,1-2H3/p+1. The highest BCUT2D eigenvalue weighted by Gasteiger charge is 2.22. The Hall–Kier alpha value is -1.50. The van der Waals surface area contributed by atoms with Gasteiger partial charge in [0, 0.05) is 6.07 Å². The summed E-state index contributed by atoms with van der Waals surface area (Å²) in [4.78, 5) is 15.8. The summed E-state index contributed by atoms with van der Waals surface area (Å²) in [6.07, 6.45) is 0. The van der Waals surface area contributed by atoms with Crippen LogP contribution in [0, 0.1) is 5.82 Å². The van der Waals surface area contributed by atoms with E-state index < -0.39 is 17.0 Å². The topological polar surface area (TPSA) is 60.2 Å². The van der Waals surface area contributed by atoms with Gasteiger partial charge in [0.2, 0.25) is 5.69 Å². The molecule has 15 heavy (non-hydrogen) atoms. The number of benzene rings is 1. The van der Waals surface area contributed by atoms with E-state index in [1.165, 1.54) is 20.3 Å². The van der Waals surface area contributed by atoms with Crippen molar-refractivity contribution in [3.8, 4) is 0 Å². The molecule has 0 amide bonds. The summed E-state index contributed by atoms with van der Waals surface area (Å²) in [6, 6.07) is 3.30. The first-order chi connectivity index (χ1) is 7.10. The van der Waals surface area contributed by atoms with E-state index in [2.05, 4.69) is 9.57 Å². The summed E-state index contributed by atoms with van der Waals surface area (Å²) in [5, 5.41) is 8.77. The van der Waals surface area contributed by atoms with Gasteiger partial charge >= 0.3 is 5.97 Å². The highest BCUT2D eigenvalue weighted by atomic mass is 19.1. The van der Waals surface area contributed by atoms with Crippen LogP contribution in [0.25, 0.3) is 0 Å². The summed E-state index contributed by atoms with van der Waals surface area (Å²) < 4.78 is 17.3. The molecule has 6 heteroatoms. The molecule has 0 spiro atoms. The number of halogens is 1. The number of esters is 1. The number of ether oxygens (including phenoxy) is 1. The van der Waals surface area contributed by atoms with Crippen LogP contribution in [0.15, 0.2) is 18.2 Å². The second-order valence-electron chi connectivity index (χ2n) is 2.69. The molecule has 0 aliphatic rings. The normalized spacial score (nSPS) is 12.3. The zero-order valence-corrected chi connectivity index (χ0v) is 8.28. The first-order valence-corrected chi connectivity index (χ1v) is 4.08. The summed E-state index contributed by atoms with van der Waals surface area (Å²) in [5.74, 6) is -1.25. The van der Waals surface area contributed by atoms with Gasteiger partial charge in [-0.1, -0.05) is 0 Å². The largest absolute Gasteiger partial charge is 0.465 e. The number of quaternary nitrogens is 1. The number of hydrogen-bond donors (Lipinski definition) is 2. The van der Waals surface area contributed by atoms with Gasteiger partial charge in [0.25, 0.3) is 0 Å². The molecular weight excluding hydrogens is 205 g/mol. The Balaban J connectivity index is 3.20. The van der Waals surface area contributed by atoms with Gasteiger partial charge in [0.15, 0.2) is 0 Å². The van der Waals surface area contributed by atoms with Crippen molar-refractivity contribution in [1.29, 1.82) is 0 Å². The van der Waals surface area contributed by atoms with E-state index in [1.54, 1.807) is 0 Å². The quantitative estimate of drug-likeness (QED) is 0.555. The van der Waals surface area contributed by atoms with E-state index in [-0.39, 0.29) is 11.3 Å². The lowest BCUT2D eigenvalue weighted by Gasteiger charge is -2.09. The average molecular weight is 216 g/mol. The first-order valence-electron chi connectivity index (χ1n) is 4.08. The van der Waals surface area contributed by atoms with E-state index in [9.17, 15) is 14.4 Å². The Morgan fingerprint density at radius 3 is 2.67 bits per heavy atom. The zero-order valence-electron chi connectivity index (χ0n) is 8.28. The van der Waals surface area contributed by atoms with Crippen molar-refractivity contribution in [2.24, 2.45) is 0 Å². The van der Waals surface area contributed by atoms with Crippen LogP contribution in [-0.2, 0) is 9.57 Å². The Bertz CT molecular complexity index is 369. The van der Waals surface area contributed by atoms with E-state index in [0.717, 1.165) is 12.1 Å². The van der Waals surface area contributed by atoms with Gasteiger partial charge in [-0.15, -0.1) is 0 Å². The molecule has 2 N–H and O–H groups in total. The molecule has 0 heterocycles. The van der Waals surface area contributed by atoms with Crippen LogP contribution in [0.5, 0.6) is 0 Å². The number of methoxy groups -OCH3 is 1. The van der Waals surface area contributed by atoms with Crippen LogP contribution < -0.4 is 5.23 Å². The van der Waals surface area contributed by atoms with Crippen molar-refractivity contribution in [3.63, 3.8) is 0 Å². The minimum absolute atomic E-state index is 0.0376. The van der Waals surface area contributed by atoms with Crippen molar-refractivity contribution in [2.75, 3.05) is 14.2 Å². The predicted molar refractivity (Wildman–Crippen MR) is 47.2 cm³/mol. The molecule has 0 bridgehead atoms. The molecule has 0 aliphatic carbocycles. The third-order valence-corrected chi connectivity index (χ3v) is 1.81. The van der Waals surface area contributed by atoms with Crippen molar-refractivity contribution in [3.05, 3.63) is 29.6 Å². The van der Waals surface area contributed by atoms with E-state index in [0.29, 0.717) is 0 Å². The van der Waals surface area contributed by atoms with Gasteiger partial charge in [-0.05, 0) is 17.4 Å². The maximum absolute atomic E-state index is 12.9. The van der Waals surface area contributed by atoms with E-state index >= 15 is 0 Å². The molecular formula is C9H11FNO4+. The van der Waals surface area contributed by atoms with Crippen LogP contribution in [0.1, 0.15) is 10.4 Å². The van der Waals surface area contributed by atoms with Crippen LogP contribution >= 0.6 is 0 Å². The van der Waals surface area contributed by atoms with Gasteiger partial charge in [0.1, 0.15) is 18.5 Å². The fourth-order valence-electron chi connectivity index (χ4n) is 1.09. The second kappa shape index (κ2) is 4.83. The van der Waals surface area contributed by atoms with Gasteiger partial charge in [-0.3, -0.25) is 0 Å². The van der Waals surface area contributed by atoms with Gasteiger partial charge in [0.05, 0.1) is 7.11 Å². The fraction of sp³-hybridized carbons (Fsp3) is 0.222. The fourth-order valence-corrected chi connectivity index (χ4v) is 1.09. The SMILES string of the molecule is COC(=O)c1ccc(F)cc1[NH+](O)OC. The molecule has 82 valence electrons. The number of carbonyl (C=O) groups is 1. The lowest BCUT2D eigenvalue weighted by molar-refractivity contribution is -1.19. The van der Waals surface area contributed by atoms with Crippen molar-refractivity contribution in [2.45, 2.75) is 0 Å². The Morgan fingerprint density at radius 1 is 1.47 bits per heavy atom. The molecule has 1 unspecified atom stereocenters. The zero-order chi connectivity index (χ0) is 11.4. The molecule has 0 saturated heterocycles. The average Bonchev–Trinajstić information content (AvgIpc) is 2.26. The van der Waals surface area contributed by atoms with E-state index in [1.807, 2.05) is 0 Å². The van der Waals surface area contributed by atoms with Gasteiger partial charge < -0.3 is 4.74 Å². The molecule has 0 radical (unpaired) electrons. The summed E-state index contributed by atoms with van der Waals surface area (Å²) in [7, 11) is 2.40. The Kier molecular flexibility index (Phi) is 3.73. The summed E-state index contributed by atoms with van der Waals surface area (Å²) in [5.41, 5.74) is 0.00241. The van der Waals surface area contributed by atoms with Gasteiger partial charge in [-0.2, -0.15) is 10.0 Å². The molecule has 1 rings (SSSR count). The Labute approximate surface area is 85.5 Å². The molecule has 0 aromatic heterocycles. The number of carbonyl (C=O) groups excluding carboxylic acids is 1. The molecule has 0 saturated carbocycles. The molecule has 1 aromatic carbocycles. The molecule has 1 aromatic rings. The lowest BCUT2D eigenvalue weighted by Crippen LogP contribution is -3.03. The highest BCUT2D eigenvalue weighted by molar-refractivity contribution is 5.93. The van der Waals surface area contributed by atoms with E-state index in [4.69, 9.17) is 0 Å². The van der Waals surface area contributed by atoms with Gasteiger partial charge in [-0.25, -0.2) is 9.18 Å². The van der Waals surface area contributed by atoms with Crippen molar-refractivity contribution in [1.82, 2.24) is 0 Å². The number of nitrogens with one attached hydrogen (secondary N) is 1. The maximum Gasteiger partial charge on any atom is 0.344 e. The minimum atomic E-state index is -0.673. The third-order valence-electron chi connectivity index (χ3n) is 1.81. The van der Waals surface area contributed by atoms with Crippen LogP contribution in [0.2, 0.25) is 0 Å². The second-order valence-corrected chi connectivity index (χ2v) is 2.69. The lowest BCUT2D eigenvalue weighted by atomic mass is 10.2. The number of hydrogen-bond acceptors (Lipinski definition) is 4. The predicted octanol–water partition coefficient (Wildman–Crippen LogP) is 0.0793. The number of rotatable bonds is 3. The van der Waals surface area contributed by atoms with Crippen LogP contribution in [0.3, 0.4) is 0 Å². The molecule has 0 aliphatic heterocycles. The third kappa shape index (κ3) is 2.50. The first kappa shape index (κ1) is 11.6. The summed E-state index contributed by atoms with van der Waals surface area (Å²) in [6.45, 7) is 0. The smallest absolute Gasteiger partial charge is 0.344 e. The van der Waals surface area contributed by atoms with Crippen molar-refractivity contribution >= 4 is 11.7 Å². The highest BCUT2D eigenvalue weighted by Crippen LogP contribution is 2.14. The molecule has 0 fully saturated rings.